The van der Waals surface area contributed by atoms with E-state index in [1.807, 2.05) is 6.20 Å². The van der Waals surface area contributed by atoms with Gasteiger partial charge < -0.3 is 15.4 Å². The molecule has 1 atom stereocenters. The van der Waals surface area contributed by atoms with Crippen LogP contribution >= 0.6 is 0 Å². The summed E-state index contributed by atoms with van der Waals surface area (Å²) < 4.78 is 18.9. The average molecular weight is 380 g/mol. The number of hydrogen-bond donors (Lipinski definition) is 3. The molecule has 1 aliphatic carbocycles. The number of halogens is 1. The van der Waals surface area contributed by atoms with E-state index in [1.165, 1.54) is 12.1 Å². The number of carbonyl (C=O) groups excluding carboxylic acids is 1. The Morgan fingerprint density at radius 2 is 2.14 bits per heavy atom. The molecule has 0 aliphatic heterocycles. The Hall–Kier alpha value is -3.35. The molecule has 0 unspecified atom stereocenters. The van der Waals surface area contributed by atoms with Gasteiger partial charge in [0.1, 0.15) is 18.2 Å². The molecule has 0 spiro atoms. The van der Waals surface area contributed by atoms with Crippen molar-refractivity contribution in [3.05, 3.63) is 77.4 Å². The number of urea groups is 1. The lowest BCUT2D eigenvalue weighted by Crippen LogP contribution is -2.41. The number of aryl methyl sites for hydroxylation is 1. The number of rotatable bonds is 5. The molecule has 28 heavy (non-hydrogen) atoms. The number of H-pyrrole nitrogens is 1. The topological polar surface area (TPSA) is 79.0 Å². The number of hydrogen-bond acceptors (Lipinski definition) is 3. The van der Waals surface area contributed by atoms with Crippen LogP contribution in [0.4, 0.5) is 14.9 Å². The molecule has 144 valence electrons. The number of nitrogens with one attached hydrogen (secondary N) is 3. The van der Waals surface area contributed by atoms with Gasteiger partial charge in [0, 0.05) is 23.5 Å². The summed E-state index contributed by atoms with van der Waals surface area (Å²) in [5, 5.41) is 12.9. The molecule has 2 amide bonds. The Bertz CT molecular complexity index is 972. The van der Waals surface area contributed by atoms with Gasteiger partial charge >= 0.3 is 6.03 Å². The van der Waals surface area contributed by atoms with E-state index in [0.717, 1.165) is 36.1 Å². The monoisotopic (exact) mass is 380 g/mol. The van der Waals surface area contributed by atoms with Crippen LogP contribution < -0.4 is 15.4 Å². The lowest BCUT2D eigenvalue weighted by Gasteiger charge is -2.23. The van der Waals surface area contributed by atoms with E-state index in [-0.39, 0.29) is 24.5 Å². The van der Waals surface area contributed by atoms with Gasteiger partial charge in [-0.05, 0) is 54.7 Å². The largest absolute Gasteiger partial charge is 0.489 e. The molecule has 2 aromatic carbocycles. The third-order valence-electron chi connectivity index (χ3n) is 4.74. The van der Waals surface area contributed by atoms with Crippen molar-refractivity contribution in [2.75, 3.05) is 5.32 Å². The molecule has 0 saturated heterocycles. The molecule has 7 heteroatoms. The summed E-state index contributed by atoms with van der Waals surface area (Å²) in [4.78, 5) is 12.3. The second-order valence-corrected chi connectivity index (χ2v) is 6.86. The molecule has 1 aromatic heterocycles. The molecule has 1 heterocycles. The van der Waals surface area contributed by atoms with Gasteiger partial charge in [-0.1, -0.05) is 18.2 Å². The average Bonchev–Trinajstić information content (AvgIpc) is 3.14. The number of ether oxygens (including phenoxy) is 1. The summed E-state index contributed by atoms with van der Waals surface area (Å²) in [5.74, 6) is 0.307. The Morgan fingerprint density at radius 3 is 3.04 bits per heavy atom. The third kappa shape index (κ3) is 4.49. The Labute approximate surface area is 162 Å². The van der Waals surface area contributed by atoms with Crippen LogP contribution in [0.3, 0.4) is 0 Å². The fourth-order valence-corrected chi connectivity index (χ4v) is 3.35. The van der Waals surface area contributed by atoms with Crippen molar-refractivity contribution >= 4 is 11.7 Å². The first-order valence-electron chi connectivity index (χ1n) is 9.21. The van der Waals surface area contributed by atoms with E-state index in [4.69, 9.17) is 4.74 Å². The van der Waals surface area contributed by atoms with Crippen molar-refractivity contribution in [2.45, 2.75) is 31.9 Å². The molecular weight excluding hydrogens is 359 g/mol. The zero-order chi connectivity index (χ0) is 19.3. The lowest BCUT2D eigenvalue weighted by atomic mass is 9.94. The number of benzene rings is 2. The van der Waals surface area contributed by atoms with Crippen LogP contribution in [0, 0.1) is 5.82 Å². The van der Waals surface area contributed by atoms with Crippen LogP contribution in [0.5, 0.6) is 5.75 Å². The smallest absolute Gasteiger partial charge is 0.319 e. The van der Waals surface area contributed by atoms with Crippen LogP contribution in [0.15, 0.2) is 54.7 Å². The highest BCUT2D eigenvalue weighted by atomic mass is 19.1. The first kappa shape index (κ1) is 18.0. The number of anilines is 1. The van der Waals surface area contributed by atoms with Gasteiger partial charge in [-0.15, -0.1) is 0 Å². The summed E-state index contributed by atoms with van der Waals surface area (Å²) in [5.41, 5.74) is 3.69. The van der Waals surface area contributed by atoms with Gasteiger partial charge in [0.05, 0.1) is 6.20 Å². The summed E-state index contributed by atoms with van der Waals surface area (Å²) in [7, 11) is 0. The summed E-state index contributed by atoms with van der Waals surface area (Å²) in [6, 6.07) is 13.2. The highest BCUT2D eigenvalue weighted by molar-refractivity contribution is 5.89. The third-order valence-corrected chi connectivity index (χ3v) is 4.74. The Morgan fingerprint density at radius 1 is 1.25 bits per heavy atom. The highest BCUT2D eigenvalue weighted by Crippen LogP contribution is 2.21. The van der Waals surface area contributed by atoms with Gasteiger partial charge in [-0.2, -0.15) is 5.10 Å². The van der Waals surface area contributed by atoms with Gasteiger partial charge in [0.2, 0.25) is 0 Å². The van der Waals surface area contributed by atoms with E-state index >= 15 is 0 Å². The summed E-state index contributed by atoms with van der Waals surface area (Å²) in [6.07, 6.45) is 4.35. The highest BCUT2D eigenvalue weighted by Gasteiger charge is 2.21. The van der Waals surface area contributed by atoms with Gasteiger partial charge in [0.25, 0.3) is 0 Å². The maximum atomic E-state index is 13.2. The van der Waals surface area contributed by atoms with Gasteiger partial charge in [-0.25, -0.2) is 9.18 Å². The minimum atomic E-state index is -0.293. The normalized spacial score (nSPS) is 15.5. The van der Waals surface area contributed by atoms with Crippen molar-refractivity contribution in [2.24, 2.45) is 0 Å². The minimum Gasteiger partial charge on any atom is -0.489 e. The summed E-state index contributed by atoms with van der Waals surface area (Å²) in [6.45, 7) is 0.252. The second-order valence-electron chi connectivity index (χ2n) is 6.86. The summed E-state index contributed by atoms with van der Waals surface area (Å²) >= 11 is 0. The molecule has 3 N–H and O–H groups in total. The molecule has 1 aliphatic rings. The number of aromatic amines is 1. The van der Waals surface area contributed by atoms with Crippen molar-refractivity contribution in [1.82, 2.24) is 15.5 Å². The van der Waals surface area contributed by atoms with Crippen molar-refractivity contribution in [3.8, 4) is 5.75 Å². The van der Waals surface area contributed by atoms with Crippen molar-refractivity contribution < 1.29 is 13.9 Å². The molecular formula is C21H21FN4O2. The Balaban J connectivity index is 1.31. The van der Waals surface area contributed by atoms with Gasteiger partial charge in [-0.3, -0.25) is 5.10 Å². The number of carbonyl (C=O) groups is 1. The first-order chi connectivity index (χ1) is 13.7. The van der Waals surface area contributed by atoms with Crippen LogP contribution in [-0.2, 0) is 19.4 Å². The molecule has 0 fully saturated rings. The molecule has 6 nitrogen and oxygen atoms in total. The van der Waals surface area contributed by atoms with E-state index in [1.54, 1.807) is 36.4 Å². The molecule has 0 radical (unpaired) electrons. The SMILES string of the molecule is O=C(Nc1cccc(OCc2cccc(F)c2)c1)N[C@@H]1CCc2[nH]ncc2C1. The number of fused-ring (bicyclic) bond motifs is 1. The molecule has 0 saturated carbocycles. The van der Waals surface area contributed by atoms with E-state index in [0.29, 0.717) is 11.4 Å². The fraction of sp³-hybridized carbons (Fsp3) is 0.238. The van der Waals surface area contributed by atoms with Crippen molar-refractivity contribution in [3.63, 3.8) is 0 Å². The maximum Gasteiger partial charge on any atom is 0.319 e. The van der Waals surface area contributed by atoms with Gasteiger partial charge in [0.15, 0.2) is 0 Å². The fourth-order valence-electron chi connectivity index (χ4n) is 3.35. The van der Waals surface area contributed by atoms with E-state index in [2.05, 4.69) is 20.8 Å². The maximum absolute atomic E-state index is 13.2. The minimum absolute atomic E-state index is 0.0810. The molecule has 4 rings (SSSR count). The quantitative estimate of drug-likeness (QED) is 0.630. The van der Waals surface area contributed by atoms with E-state index in [9.17, 15) is 9.18 Å². The zero-order valence-corrected chi connectivity index (χ0v) is 15.2. The van der Waals surface area contributed by atoms with Crippen LogP contribution in [0.1, 0.15) is 23.2 Å². The van der Waals surface area contributed by atoms with Crippen LogP contribution in [0.2, 0.25) is 0 Å². The molecule has 0 bridgehead atoms. The lowest BCUT2D eigenvalue weighted by molar-refractivity contribution is 0.247. The number of amides is 2. The zero-order valence-electron chi connectivity index (χ0n) is 15.2. The first-order valence-corrected chi connectivity index (χ1v) is 9.21. The number of aromatic nitrogens is 2. The predicted octanol–water partition coefficient (Wildman–Crippen LogP) is 3.81. The van der Waals surface area contributed by atoms with Crippen LogP contribution in [0.25, 0.3) is 0 Å². The number of nitrogens with zero attached hydrogens (tertiary/aromatic N) is 1. The Kier molecular flexibility index (Phi) is 5.23. The predicted molar refractivity (Wildman–Crippen MR) is 104 cm³/mol. The van der Waals surface area contributed by atoms with Crippen LogP contribution in [-0.4, -0.2) is 22.3 Å². The second kappa shape index (κ2) is 8.12. The molecule has 3 aromatic rings. The van der Waals surface area contributed by atoms with E-state index < -0.39 is 0 Å². The van der Waals surface area contributed by atoms with Crippen molar-refractivity contribution in [1.29, 1.82) is 0 Å². The standard InChI is InChI=1S/C21H21FN4O2/c22-16-4-1-3-14(9-16)13-28-19-6-2-5-17(11-19)24-21(27)25-18-7-8-20-15(10-18)12-23-26-20/h1-6,9,11-12,18H,7-8,10,13H2,(H,23,26)(H2,24,25,27)/t18-/m1/s1.